The largest absolute Gasteiger partial charge is 0.507 e. The first-order chi connectivity index (χ1) is 8.54. The molecule has 0 saturated heterocycles. The van der Waals surface area contributed by atoms with Gasteiger partial charge in [-0.25, -0.2) is 0 Å². The third kappa shape index (κ3) is 4.79. The summed E-state index contributed by atoms with van der Waals surface area (Å²) in [4.78, 5) is 11.8. The molecule has 1 aromatic rings. The second-order valence-electron chi connectivity index (χ2n) is 3.82. The summed E-state index contributed by atoms with van der Waals surface area (Å²) in [7, 11) is 1.51. The maximum absolute atomic E-state index is 11.8. The minimum atomic E-state index is -0.597. The summed E-state index contributed by atoms with van der Waals surface area (Å²) in [6.45, 7) is 0.568. The normalized spacial score (nSPS) is 12.2. The molecule has 0 heterocycles. The van der Waals surface area contributed by atoms with Gasteiger partial charge in [0, 0.05) is 17.2 Å². The van der Waals surface area contributed by atoms with Gasteiger partial charge < -0.3 is 20.3 Å². The second kappa shape index (κ2) is 7.55. The highest BCUT2D eigenvalue weighted by atomic mass is 127. The summed E-state index contributed by atoms with van der Waals surface area (Å²) >= 11 is 2.07. The fraction of sp³-hybridized carbons (Fsp3) is 0.417. The van der Waals surface area contributed by atoms with E-state index in [-0.39, 0.29) is 23.8 Å². The molecule has 1 aromatic carbocycles. The van der Waals surface area contributed by atoms with Gasteiger partial charge in [0.05, 0.1) is 18.3 Å². The van der Waals surface area contributed by atoms with E-state index in [2.05, 4.69) is 27.9 Å². The number of nitrogens with one attached hydrogen (secondary N) is 1. The van der Waals surface area contributed by atoms with Gasteiger partial charge in [0.2, 0.25) is 0 Å². The van der Waals surface area contributed by atoms with Crippen LogP contribution in [0.1, 0.15) is 16.8 Å². The van der Waals surface area contributed by atoms with Crippen LogP contribution in [0, 0.1) is 3.57 Å². The summed E-state index contributed by atoms with van der Waals surface area (Å²) < 4.78 is 5.65. The van der Waals surface area contributed by atoms with Gasteiger partial charge >= 0.3 is 0 Å². The molecule has 0 fully saturated rings. The Balaban J connectivity index is 2.48. The predicted octanol–water partition coefficient (Wildman–Crippen LogP) is 1.12. The number of ether oxygens (including phenoxy) is 1. The number of benzene rings is 1. The minimum absolute atomic E-state index is 0.0506. The first-order valence-corrected chi connectivity index (χ1v) is 6.56. The fourth-order valence-corrected chi connectivity index (χ4v) is 1.90. The number of aliphatic hydroxyl groups is 1. The molecule has 100 valence electrons. The highest BCUT2D eigenvalue weighted by Crippen LogP contribution is 2.19. The molecular weight excluding hydrogens is 349 g/mol. The van der Waals surface area contributed by atoms with Crippen LogP contribution in [0.3, 0.4) is 0 Å². The van der Waals surface area contributed by atoms with Gasteiger partial charge in [-0.15, -0.1) is 0 Å². The van der Waals surface area contributed by atoms with Crippen LogP contribution >= 0.6 is 22.6 Å². The molecule has 0 saturated carbocycles. The molecule has 0 spiro atoms. The van der Waals surface area contributed by atoms with E-state index in [9.17, 15) is 15.0 Å². The number of carbonyl (C=O) groups is 1. The van der Waals surface area contributed by atoms with Gasteiger partial charge in [-0.1, -0.05) is 0 Å². The van der Waals surface area contributed by atoms with Crippen LogP contribution in [-0.4, -0.2) is 42.5 Å². The average molecular weight is 365 g/mol. The highest BCUT2D eigenvalue weighted by Gasteiger charge is 2.11. The van der Waals surface area contributed by atoms with Crippen molar-refractivity contribution >= 4 is 28.5 Å². The molecule has 1 unspecified atom stereocenters. The Labute approximate surface area is 119 Å². The predicted molar refractivity (Wildman–Crippen MR) is 75.7 cm³/mol. The summed E-state index contributed by atoms with van der Waals surface area (Å²) in [5, 5.41) is 21.6. The zero-order chi connectivity index (χ0) is 13.5. The zero-order valence-electron chi connectivity index (χ0n) is 10.0. The Morgan fingerprint density at radius 2 is 2.28 bits per heavy atom. The molecule has 0 bridgehead atoms. The molecule has 3 N–H and O–H groups in total. The van der Waals surface area contributed by atoms with Gasteiger partial charge in [0.25, 0.3) is 5.91 Å². The summed E-state index contributed by atoms with van der Waals surface area (Å²) in [5.74, 6) is -0.402. The summed E-state index contributed by atoms with van der Waals surface area (Å²) in [5.41, 5.74) is 0.239. The molecule has 5 nitrogen and oxygen atoms in total. The van der Waals surface area contributed by atoms with Crippen LogP contribution in [0.25, 0.3) is 0 Å². The SMILES string of the molecule is COCC(O)CCNC(=O)c1cc(I)ccc1O. The topological polar surface area (TPSA) is 78.8 Å². The van der Waals surface area contributed by atoms with Crippen LogP contribution in [0.4, 0.5) is 0 Å². The number of methoxy groups -OCH3 is 1. The number of phenolic OH excluding ortho intramolecular Hbond substituents is 1. The van der Waals surface area contributed by atoms with Crippen molar-refractivity contribution in [1.29, 1.82) is 0 Å². The van der Waals surface area contributed by atoms with Crippen molar-refractivity contribution in [3.63, 3.8) is 0 Å². The Kier molecular flexibility index (Phi) is 6.37. The van der Waals surface area contributed by atoms with E-state index in [0.29, 0.717) is 13.0 Å². The Bertz CT molecular complexity index is 411. The lowest BCUT2D eigenvalue weighted by atomic mass is 10.2. The fourth-order valence-electron chi connectivity index (χ4n) is 1.41. The molecule has 0 aliphatic carbocycles. The molecule has 1 rings (SSSR count). The maximum Gasteiger partial charge on any atom is 0.255 e. The zero-order valence-corrected chi connectivity index (χ0v) is 12.2. The maximum atomic E-state index is 11.8. The van der Waals surface area contributed by atoms with Gasteiger partial charge in [-0.05, 0) is 47.2 Å². The van der Waals surface area contributed by atoms with Crippen molar-refractivity contribution in [3.05, 3.63) is 27.3 Å². The number of aliphatic hydroxyl groups excluding tert-OH is 1. The van der Waals surface area contributed by atoms with E-state index in [0.717, 1.165) is 3.57 Å². The lowest BCUT2D eigenvalue weighted by molar-refractivity contribution is 0.0587. The van der Waals surface area contributed by atoms with Gasteiger partial charge in [-0.3, -0.25) is 4.79 Å². The third-order valence-corrected chi connectivity index (χ3v) is 3.00. The van der Waals surface area contributed by atoms with Crippen LogP contribution in [0.15, 0.2) is 18.2 Å². The van der Waals surface area contributed by atoms with Crippen molar-refractivity contribution in [2.45, 2.75) is 12.5 Å². The number of halogens is 1. The summed E-state index contributed by atoms with van der Waals surface area (Å²) in [6.07, 6.45) is -0.190. The van der Waals surface area contributed by atoms with E-state index in [4.69, 9.17) is 4.74 Å². The molecule has 6 heteroatoms. The van der Waals surface area contributed by atoms with Gasteiger partial charge in [0.15, 0.2) is 0 Å². The van der Waals surface area contributed by atoms with E-state index in [1.165, 1.54) is 13.2 Å². The third-order valence-electron chi connectivity index (χ3n) is 2.33. The smallest absolute Gasteiger partial charge is 0.255 e. The molecule has 18 heavy (non-hydrogen) atoms. The number of hydrogen-bond acceptors (Lipinski definition) is 4. The molecular formula is C12H16INO4. The van der Waals surface area contributed by atoms with Crippen molar-refractivity contribution in [2.75, 3.05) is 20.3 Å². The Morgan fingerprint density at radius 1 is 1.56 bits per heavy atom. The first kappa shape index (κ1) is 15.2. The Hall–Kier alpha value is -0.860. The number of rotatable bonds is 6. The molecule has 0 radical (unpaired) electrons. The average Bonchev–Trinajstić information content (AvgIpc) is 2.32. The number of carbonyl (C=O) groups excluding carboxylic acids is 1. The quantitative estimate of drug-likeness (QED) is 0.661. The van der Waals surface area contributed by atoms with Crippen molar-refractivity contribution < 1.29 is 19.7 Å². The van der Waals surface area contributed by atoms with Crippen LogP contribution < -0.4 is 5.32 Å². The van der Waals surface area contributed by atoms with E-state index in [1.807, 2.05) is 0 Å². The number of aromatic hydroxyl groups is 1. The molecule has 1 atom stereocenters. The van der Waals surface area contributed by atoms with E-state index < -0.39 is 6.10 Å². The first-order valence-electron chi connectivity index (χ1n) is 5.48. The van der Waals surface area contributed by atoms with Gasteiger partial charge in [-0.2, -0.15) is 0 Å². The van der Waals surface area contributed by atoms with Crippen LogP contribution in [0.5, 0.6) is 5.75 Å². The van der Waals surface area contributed by atoms with E-state index in [1.54, 1.807) is 12.1 Å². The minimum Gasteiger partial charge on any atom is -0.507 e. The summed E-state index contributed by atoms with van der Waals surface area (Å²) in [6, 6.07) is 4.81. The molecule has 0 aliphatic heterocycles. The van der Waals surface area contributed by atoms with Gasteiger partial charge in [0.1, 0.15) is 5.75 Å². The highest BCUT2D eigenvalue weighted by molar-refractivity contribution is 14.1. The van der Waals surface area contributed by atoms with Crippen LogP contribution in [-0.2, 0) is 4.74 Å². The molecule has 1 amide bonds. The second-order valence-corrected chi connectivity index (χ2v) is 5.06. The monoisotopic (exact) mass is 365 g/mol. The van der Waals surface area contributed by atoms with Crippen molar-refractivity contribution in [1.82, 2.24) is 5.32 Å². The standard InChI is InChI=1S/C12H16INO4/c1-18-7-9(15)4-5-14-12(17)10-6-8(13)2-3-11(10)16/h2-3,6,9,15-16H,4-5,7H2,1H3,(H,14,17). The number of phenols is 1. The molecule has 0 aliphatic rings. The van der Waals surface area contributed by atoms with Crippen LogP contribution in [0.2, 0.25) is 0 Å². The Morgan fingerprint density at radius 3 is 2.94 bits per heavy atom. The number of amides is 1. The number of hydrogen-bond donors (Lipinski definition) is 3. The lowest BCUT2D eigenvalue weighted by Crippen LogP contribution is -2.28. The van der Waals surface area contributed by atoms with E-state index >= 15 is 0 Å². The molecule has 0 aromatic heterocycles. The van der Waals surface area contributed by atoms with Crippen molar-refractivity contribution in [2.24, 2.45) is 0 Å². The lowest BCUT2D eigenvalue weighted by Gasteiger charge is -2.10. The van der Waals surface area contributed by atoms with Crippen molar-refractivity contribution in [3.8, 4) is 5.75 Å².